The summed E-state index contributed by atoms with van der Waals surface area (Å²) in [6.07, 6.45) is -0.431. The van der Waals surface area contributed by atoms with E-state index in [1.807, 2.05) is 84.9 Å². The lowest BCUT2D eigenvalue weighted by atomic mass is 9.95. The molecule has 2 atom stereocenters. The van der Waals surface area contributed by atoms with Gasteiger partial charge in [0.2, 0.25) is 5.91 Å². The molecule has 152 valence electrons. The van der Waals surface area contributed by atoms with Crippen LogP contribution in [0, 0.1) is 0 Å². The summed E-state index contributed by atoms with van der Waals surface area (Å²) in [5.74, 6) is 0.488. The fourth-order valence-electron chi connectivity index (χ4n) is 3.80. The van der Waals surface area contributed by atoms with Gasteiger partial charge >= 0.3 is 6.09 Å². The van der Waals surface area contributed by atoms with E-state index in [1.54, 1.807) is 7.11 Å². The maximum Gasteiger partial charge on any atom is 0.417 e. The number of hydrogen-bond donors (Lipinski definition) is 0. The number of carbonyl (C=O) groups is 2. The standard InChI is InChI=1S/C25H23NO4/c1-29-21-14-8-9-18(17-21)15-16-22(27)26-23(19-10-4-2-5-11-19)24(30-25(26)28)20-12-6-3-7-13-20/h2-14,17,23-24H,15-16H2,1H3. The summed E-state index contributed by atoms with van der Waals surface area (Å²) in [7, 11) is 1.61. The number of ether oxygens (including phenoxy) is 2. The number of carbonyl (C=O) groups excluding carboxylic acids is 2. The molecule has 0 aromatic heterocycles. The fraction of sp³-hybridized carbons (Fsp3) is 0.200. The maximum atomic E-state index is 13.1. The summed E-state index contributed by atoms with van der Waals surface area (Å²) in [6.45, 7) is 0. The van der Waals surface area contributed by atoms with Crippen LogP contribution in [0.3, 0.4) is 0 Å². The minimum Gasteiger partial charge on any atom is -0.497 e. The predicted molar refractivity (Wildman–Crippen MR) is 113 cm³/mol. The molecule has 2 amide bonds. The van der Waals surface area contributed by atoms with Gasteiger partial charge in [-0.3, -0.25) is 4.79 Å². The predicted octanol–water partition coefficient (Wildman–Crippen LogP) is 5.09. The van der Waals surface area contributed by atoms with Crippen molar-refractivity contribution in [1.29, 1.82) is 0 Å². The van der Waals surface area contributed by atoms with E-state index in [0.717, 1.165) is 22.4 Å². The third-order valence-electron chi connectivity index (χ3n) is 5.29. The van der Waals surface area contributed by atoms with Crippen LogP contribution >= 0.6 is 0 Å². The molecule has 1 heterocycles. The highest BCUT2D eigenvalue weighted by atomic mass is 16.6. The van der Waals surface area contributed by atoms with Crippen LogP contribution in [0.2, 0.25) is 0 Å². The van der Waals surface area contributed by atoms with Crippen LogP contribution in [0.5, 0.6) is 5.75 Å². The number of imide groups is 1. The Bertz CT molecular complexity index is 1020. The van der Waals surface area contributed by atoms with Crippen molar-refractivity contribution in [2.75, 3.05) is 7.11 Å². The highest BCUT2D eigenvalue weighted by molar-refractivity contribution is 5.94. The fourth-order valence-corrected chi connectivity index (χ4v) is 3.80. The summed E-state index contributed by atoms with van der Waals surface area (Å²) in [5.41, 5.74) is 2.71. The molecule has 4 rings (SSSR count). The van der Waals surface area contributed by atoms with Crippen LogP contribution in [0.25, 0.3) is 0 Å². The topological polar surface area (TPSA) is 55.8 Å². The van der Waals surface area contributed by atoms with Gasteiger partial charge in [0.1, 0.15) is 11.8 Å². The number of benzene rings is 3. The molecule has 1 saturated heterocycles. The zero-order valence-electron chi connectivity index (χ0n) is 16.7. The Morgan fingerprint density at radius 1 is 0.933 bits per heavy atom. The summed E-state index contributed by atoms with van der Waals surface area (Å²) in [6, 6.07) is 26.2. The minimum atomic E-state index is -0.603. The van der Waals surface area contributed by atoms with Crippen LogP contribution in [-0.2, 0) is 16.0 Å². The van der Waals surface area contributed by atoms with Gasteiger partial charge in [0.05, 0.1) is 7.11 Å². The number of nitrogens with zero attached hydrogens (tertiary/aromatic N) is 1. The van der Waals surface area contributed by atoms with Gasteiger partial charge in [-0.05, 0) is 35.2 Å². The Kier molecular flexibility index (Phi) is 5.80. The van der Waals surface area contributed by atoms with Crippen molar-refractivity contribution in [3.05, 3.63) is 102 Å². The largest absolute Gasteiger partial charge is 0.497 e. The maximum absolute atomic E-state index is 13.1. The second-order valence-electron chi connectivity index (χ2n) is 7.19. The van der Waals surface area contributed by atoms with Crippen molar-refractivity contribution < 1.29 is 19.1 Å². The SMILES string of the molecule is COc1cccc(CCC(=O)N2C(=O)OC(c3ccccc3)C2c2ccccc2)c1. The third-order valence-corrected chi connectivity index (χ3v) is 5.29. The molecule has 0 saturated carbocycles. The Balaban J connectivity index is 1.59. The molecule has 5 heteroatoms. The molecular formula is C25H23NO4. The zero-order chi connectivity index (χ0) is 20.9. The second-order valence-corrected chi connectivity index (χ2v) is 7.19. The minimum absolute atomic E-state index is 0.201. The molecule has 0 radical (unpaired) electrons. The molecule has 1 fully saturated rings. The summed E-state index contributed by atoms with van der Waals surface area (Å²) in [5, 5.41) is 0. The second kappa shape index (κ2) is 8.82. The molecule has 1 aliphatic rings. The van der Waals surface area contributed by atoms with Crippen LogP contribution in [0.1, 0.15) is 35.3 Å². The van der Waals surface area contributed by atoms with E-state index in [-0.39, 0.29) is 12.3 Å². The first kappa shape index (κ1) is 19.7. The average Bonchev–Trinajstić information content (AvgIpc) is 3.16. The van der Waals surface area contributed by atoms with E-state index in [1.165, 1.54) is 4.90 Å². The number of methoxy groups -OCH3 is 1. The van der Waals surface area contributed by atoms with Crippen LogP contribution in [-0.4, -0.2) is 24.0 Å². The molecule has 3 aromatic rings. The van der Waals surface area contributed by atoms with Crippen molar-refractivity contribution in [2.24, 2.45) is 0 Å². The first-order valence-electron chi connectivity index (χ1n) is 9.93. The summed E-state index contributed by atoms with van der Waals surface area (Å²) in [4.78, 5) is 27.2. The molecule has 0 bridgehead atoms. The molecule has 2 unspecified atom stereocenters. The lowest BCUT2D eigenvalue weighted by Gasteiger charge is -2.24. The Morgan fingerprint density at radius 2 is 1.60 bits per heavy atom. The quantitative estimate of drug-likeness (QED) is 0.577. The highest BCUT2D eigenvalue weighted by Crippen LogP contribution is 2.43. The van der Waals surface area contributed by atoms with Crippen LogP contribution < -0.4 is 4.74 Å². The molecule has 5 nitrogen and oxygen atoms in total. The van der Waals surface area contributed by atoms with Crippen LogP contribution in [0.15, 0.2) is 84.9 Å². The molecule has 0 N–H and O–H groups in total. The van der Waals surface area contributed by atoms with Gasteiger partial charge in [-0.2, -0.15) is 0 Å². The number of cyclic esters (lactones) is 1. The van der Waals surface area contributed by atoms with Gasteiger partial charge in [-0.1, -0.05) is 72.8 Å². The molecule has 30 heavy (non-hydrogen) atoms. The normalized spacial score (nSPS) is 18.2. The van der Waals surface area contributed by atoms with Crippen molar-refractivity contribution in [3.63, 3.8) is 0 Å². The van der Waals surface area contributed by atoms with E-state index in [9.17, 15) is 9.59 Å². The average molecular weight is 401 g/mol. The number of rotatable bonds is 6. The molecule has 0 aliphatic carbocycles. The zero-order valence-corrected chi connectivity index (χ0v) is 16.7. The smallest absolute Gasteiger partial charge is 0.417 e. The Hall–Kier alpha value is -3.60. The van der Waals surface area contributed by atoms with Crippen molar-refractivity contribution in [1.82, 2.24) is 4.90 Å². The van der Waals surface area contributed by atoms with E-state index < -0.39 is 18.2 Å². The highest BCUT2D eigenvalue weighted by Gasteiger charge is 2.46. The van der Waals surface area contributed by atoms with Crippen molar-refractivity contribution in [3.8, 4) is 5.75 Å². The Labute approximate surface area is 175 Å². The number of aryl methyl sites for hydroxylation is 1. The van der Waals surface area contributed by atoms with Gasteiger partial charge in [-0.25, -0.2) is 9.69 Å². The summed E-state index contributed by atoms with van der Waals surface area (Å²) < 4.78 is 10.9. The van der Waals surface area contributed by atoms with E-state index in [0.29, 0.717) is 6.42 Å². The van der Waals surface area contributed by atoms with E-state index in [4.69, 9.17) is 9.47 Å². The summed E-state index contributed by atoms with van der Waals surface area (Å²) >= 11 is 0. The first-order valence-corrected chi connectivity index (χ1v) is 9.93. The lowest BCUT2D eigenvalue weighted by Crippen LogP contribution is -2.34. The van der Waals surface area contributed by atoms with Crippen molar-refractivity contribution >= 4 is 12.0 Å². The molecule has 1 aliphatic heterocycles. The third kappa shape index (κ3) is 4.06. The van der Waals surface area contributed by atoms with Crippen molar-refractivity contribution in [2.45, 2.75) is 25.0 Å². The number of amides is 2. The van der Waals surface area contributed by atoms with Crippen LogP contribution in [0.4, 0.5) is 4.79 Å². The van der Waals surface area contributed by atoms with E-state index in [2.05, 4.69) is 0 Å². The number of hydrogen-bond acceptors (Lipinski definition) is 4. The van der Waals surface area contributed by atoms with Gasteiger partial charge in [-0.15, -0.1) is 0 Å². The van der Waals surface area contributed by atoms with Gasteiger partial charge < -0.3 is 9.47 Å². The Morgan fingerprint density at radius 3 is 2.27 bits per heavy atom. The van der Waals surface area contributed by atoms with Gasteiger partial charge in [0.15, 0.2) is 6.10 Å². The molecule has 3 aromatic carbocycles. The lowest BCUT2D eigenvalue weighted by molar-refractivity contribution is -0.129. The molecule has 0 spiro atoms. The van der Waals surface area contributed by atoms with Gasteiger partial charge in [0.25, 0.3) is 0 Å². The molecular weight excluding hydrogens is 378 g/mol. The van der Waals surface area contributed by atoms with Gasteiger partial charge in [0, 0.05) is 6.42 Å². The monoisotopic (exact) mass is 401 g/mol. The first-order chi connectivity index (χ1) is 14.7. The van der Waals surface area contributed by atoms with E-state index >= 15 is 0 Å².